The lowest BCUT2D eigenvalue weighted by Crippen LogP contribution is -2.73. The minimum atomic E-state index is -0.435. The van der Waals surface area contributed by atoms with Crippen molar-refractivity contribution in [2.45, 2.75) is 58.1 Å². The minimum Gasteiger partial charge on any atom is -0.444 e. The van der Waals surface area contributed by atoms with E-state index in [-0.39, 0.29) is 23.9 Å². The van der Waals surface area contributed by atoms with Crippen molar-refractivity contribution in [2.75, 3.05) is 56.0 Å². The first-order chi connectivity index (χ1) is 17.1. The van der Waals surface area contributed by atoms with Crippen molar-refractivity contribution < 1.29 is 19.1 Å². The summed E-state index contributed by atoms with van der Waals surface area (Å²) in [5.74, 6) is 0.274. The van der Waals surface area contributed by atoms with Crippen molar-refractivity contribution in [2.24, 2.45) is 11.3 Å². The number of nitrogens with one attached hydrogen (secondary N) is 2. The Bertz CT molecular complexity index is 982. The van der Waals surface area contributed by atoms with Crippen LogP contribution in [-0.4, -0.2) is 85.2 Å². The predicted molar refractivity (Wildman–Crippen MR) is 138 cm³/mol. The molecule has 1 unspecified atom stereocenters. The largest absolute Gasteiger partial charge is 0.444 e. The molecule has 0 aliphatic carbocycles. The number of imide groups is 1. The number of hydrogen-bond donors (Lipinski definition) is 2. The Morgan fingerprint density at radius 1 is 1.06 bits per heavy atom. The third-order valence-corrected chi connectivity index (χ3v) is 7.77. The summed E-state index contributed by atoms with van der Waals surface area (Å²) in [7, 11) is 0. The molecule has 36 heavy (non-hydrogen) atoms. The third kappa shape index (κ3) is 5.61. The van der Waals surface area contributed by atoms with Crippen molar-refractivity contribution in [3.8, 4) is 0 Å². The first-order valence-electron chi connectivity index (χ1n) is 13.2. The number of amides is 3. The van der Waals surface area contributed by atoms with Crippen LogP contribution in [0.2, 0.25) is 0 Å². The van der Waals surface area contributed by atoms with E-state index in [2.05, 4.69) is 32.6 Å². The molecule has 1 aromatic carbocycles. The van der Waals surface area contributed by atoms with Gasteiger partial charge in [-0.3, -0.25) is 14.9 Å². The van der Waals surface area contributed by atoms with Crippen LogP contribution in [0.4, 0.5) is 16.2 Å². The highest BCUT2D eigenvalue weighted by molar-refractivity contribution is 6.01. The number of ether oxygens (including phenoxy) is 1. The summed E-state index contributed by atoms with van der Waals surface area (Å²) >= 11 is 0. The molecule has 5 rings (SSSR count). The van der Waals surface area contributed by atoms with Gasteiger partial charge in [0, 0.05) is 69.0 Å². The second-order valence-corrected chi connectivity index (χ2v) is 12.1. The fourth-order valence-electron chi connectivity index (χ4n) is 5.99. The van der Waals surface area contributed by atoms with Crippen molar-refractivity contribution in [3.63, 3.8) is 0 Å². The number of rotatable bonds is 5. The summed E-state index contributed by atoms with van der Waals surface area (Å²) in [5, 5.41) is 5.63. The van der Waals surface area contributed by atoms with Crippen molar-refractivity contribution in [3.05, 3.63) is 24.3 Å². The SMILES string of the molecule is CC(C)(C)OC(=O)N1CC2(CN(CC3CCN(c4ccc(NC5CCC(=O)NC5=O)cc4)CC3)C2)C1. The predicted octanol–water partition coefficient (Wildman–Crippen LogP) is 2.67. The minimum absolute atomic E-state index is 0.182. The fraction of sp³-hybridized carbons (Fsp3) is 0.667. The molecule has 0 aromatic heterocycles. The summed E-state index contributed by atoms with van der Waals surface area (Å²) in [6.07, 6.45) is 3.09. The van der Waals surface area contributed by atoms with Crippen LogP contribution in [0.5, 0.6) is 0 Å². The molecule has 4 aliphatic rings. The summed E-state index contributed by atoms with van der Waals surface area (Å²) < 4.78 is 5.48. The van der Waals surface area contributed by atoms with Crippen LogP contribution in [0.15, 0.2) is 24.3 Å². The van der Waals surface area contributed by atoms with Crippen LogP contribution in [0.3, 0.4) is 0 Å². The Kier molecular flexibility index (Phi) is 6.61. The van der Waals surface area contributed by atoms with E-state index in [1.807, 2.05) is 37.8 Å². The third-order valence-electron chi connectivity index (χ3n) is 7.77. The molecule has 1 spiro atoms. The number of carbonyl (C=O) groups excluding carboxylic acids is 3. The molecule has 1 aromatic rings. The van der Waals surface area contributed by atoms with Crippen LogP contribution < -0.4 is 15.5 Å². The van der Waals surface area contributed by atoms with Gasteiger partial charge in [0.15, 0.2) is 0 Å². The molecule has 3 amide bonds. The molecule has 4 heterocycles. The number of anilines is 2. The van der Waals surface area contributed by atoms with Gasteiger partial charge >= 0.3 is 6.09 Å². The number of likely N-dealkylation sites (tertiary alicyclic amines) is 2. The normalized spacial score (nSPS) is 24.7. The van der Waals surface area contributed by atoms with Crippen LogP contribution in [-0.2, 0) is 14.3 Å². The quantitative estimate of drug-likeness (QED) is 0.604. The molecule has 0 saturated carbocycles. The average Bonchev–Trinajstić information content (AvgIpc) is 2.76. The first-order valence-corrected chi connectivity index (χ1v) is 13.2. The smallest absolute Gasteiger partial charge is 0.410 e. The van der Waals surface area contributed by atoms with E-state index < -0.39 is 5.60 Å². The number of carbonyl (C=O) groups is 3. The maximum atomic E-state index is 12.2. The van der Waals surface area contributed by atoms with Crippen molar-refractivity contribution in [1.82, 2.24) is 15.1 Å². The van der Waals surface area contributed by atoms with E-state index in [0.717, 1.165) is 51.5 Å². The Labute approximate surface area is 213 Å². The van der Waals surface area contributed by atoms with Gasteiger partial charge in [0.2, 0.25) is 11.8 Å². The van der Waals surface area contributed by atoms with Crippen LogP contribution in [0.25, 0.3) is 0 Å². The highest BCUT2D eigenvalue weighted by atomic mass is 16.6. The Hall–Kier alpha value is -2.81. The molecule has 2 N–H and O–H groups in total. The van der Waals surface area contributed by atoms with Gasteiger partial charge in [-0.2, -0.15) is 0 Å². The number of hydrogen-bond acceptors (Lipinski definition) is 7. The molecule has 4 saturated heterocycles. The summed E-state index contributed by atoms with van der Waals surface area (Å²) in [6, 6.07) is 7.90. The standard InChI is InChI=1S/C27H39N5O4/c1-26(2,3)36-25(35)32-17-27(18-32)15-30(16-27)14-19-10-12-31(13-11-19)21-6-4-20(5-7-21)28-22-8-9-23(33)29-24(22)34/h4-7,19,22,28H,8-18H2,1-3H3,(H,29,33,34). The highest BCUT2D eigenvalue weighted by Crippen LogP contribution is 2.41. The molecular formula is C27H39N5O4. The van der Waals surface area contributed by atoms with Crippen molar-refractivity contribution >= 4 is 29.3 Å². The zero-order valence-electron chi connectivity index (χ0n) is 21.7. The van der Waals surface area contributed by atoms with Gasteiger partial charge in [0.1, 0.15) is 11.6 Å². The lowest BCUT2D eigenvalue weighted by molar-refractivity contribution is -0.133. The summed E-state index contributed by atoms with van der Waals surface area (Å²) in [5.41, 5.74) is 1.97. The zero-order valence-corrected chi connectivity index (χ0v) is 21.7. The lowest BCUT2D eigenvalue weighted by Gasteiger charge is -2.60. The van der Waals surface area contributed by atoms with E-state index in [4.69, 9.17) is 4.74 Å². The molecule has 4 fully saturated rings. The van der Waals surface area contributed by atoms with Gasteiger partial charge < -0.3 is 24.8 Å². The Morgan fingerprint density at radius 2 is 1.72 bits per heavy atom. The van der Waals surface area contributed by atoms with Gasteiger partial charge in [0.25, 0.3) is 0 Å². The molecule has 196 valence electrons. The summed E-state index contributed by atoms with van der Waals surface area (Å²) in [6.45, 7) is 12.8. The molecular weight excluding hydrogens is 458 g/mol. The van der Waals surface area contributed by atoms with E-state index in [9.17, 15) is 14.4 Å². The van der Waals surface area contributed by atoms with Crippen molar-refractivity contribution in [1.29, 1.82) is 0 Å². The monoisotopic (exact) mass is 497 g/mol. The Morgan fingerprint density at radius 3 is 2.33 bits per heavy atom. The van der Waals surface area contributed by atoms with Gasteiger partial charge in [-0.05, 0) is 70.2 Å². The van der Waals surface area contributed by atoms with E-state index in [1.54, 1.807) is 0 Å². The molecule has 4 aliphatic heterocycles. The van der Waals surface area contributed by atoms with Crippen LogP contribution in [0.1, 0.15) is 46.5 Å². The first kappa shape index (κ1) is 24.9. The highest BCUT2D eigenvalue weighted by Gasteiger charge is 2.54. The van der Waals surface area contributed by atoms with Crippen LogP contribution in [0, 0.1) is 11.3 Å². The van der Waals surface area contributed by atoms with Gasteiger partial charge in [-0.25, -0.2) is 4.79 Å². The van der Waals surface area contributed by atoms with E-state index in [1.165, 1.54) is 18.5 Å². The van der Waals surface area contributed by atoms with Crippen LogP contribution >= 0.6 is 0 Å². The molecule has 1 atom stereocenters. The van der Waals surface area contributed by atoms with Gasteiger partial charge in [-0.1, -0.05) is 0 Å². The molecule has 9 heteroatoms. The maximum Gasteiger partial charge on any atom is 0.410 e. The Balaban J connectivity index is 1.01. The maximum absolute atomic E-state index is 12.2. The zero-order chi connectivity index (χ0) is 25.5. The van der Waals surface area contributed by atoms with E-state index in [0.29, 0.717) is 24.2 Å². The average molecular weight is 498 g/mol. The number of benzene rings is 1. The second-order valence-electron chi connectivity index (χ2n) is 12.1. The second kappa shape index (κ2) is 9.57. The molecule has 9 nitrogen and oxygen atoms in total. The number of nitrogens with zero attached hydrogens (tertiary/aromatic N) is 3. The summed E-state index contributed by atoms with van der Waals surface area (Å²) in [4.78, 5) is 42.3. The number of piperidine rings is 2. The topological polar surface area (TPSA) is 94.2 Å². The lowest BCUT2D eigenvalue weighted by atomic mass is 9.72. The fourth-order valence-corrected chi connectivity index (χ4v) is 5.99. The molecule has 0 bridgehead atoms. The molecule has 0 radical (unpaired) electrons. The van der Waals surface area contributed by atoms with E-state index >= 15 is 0 Å². The van der Waals surface area contributed by atoms with Gasteiger partial charge in [-0.15, -0.1) is 0 Å². The van der Waals surface area contributed by atoms with Gasteiger partial charge in [0.05, 0.1) is 0 Å².